The summed E-state index contributed by atoms with van der Waals surface area (Å²) in [6.45, 7) is 6.21. The summed E-state index contributed by atoms with van der Waals surface area (Å²) >= 11 is 0. The van der Waals surface area contributed by atoms with Gasteiger partial charge in [0.15, 0.2) is 0 Å². The zero-order chi connectivity index (χ0) is 14.3. The Bertz CT molecular complexity index is 626. The molecule has 20 heavy (non-hydrogen) atoms. The third kappa shape index (κ3) is 2.44. The van der Waals surface area contributed by atoms with Crippen molar-refractivity contribution in [1.82, 2.24) is 0 Å². The fourth-order valence-electron chi connectivity index (χ4n) is 2.97. The van der Waals surface area contributed by atoms with Gasteiger partial charge in [-0.15, -0.1) is 0 Å². The van der Waals surface area contributed by atoms with Crippen LogP contribution in [0.3, 0.4) is 0 Å². The normalized spacial score (nSPS) is 21.2. The van der Waals surface area contributed by atoms with Crippen LogP contribution in [0.2, 0.25) is 0 Å². The van der Waals surface area contributed by atoms with Crippen molar-refractivity contribution in [2.45, 2.75) is 39.4 Å². The van der Waals surface area contributed by atoms with Gasteiger partial charge in [-0.2, -0.15) is 0 Å². The molecule has 0 fully saturated rings. The molecule has 104 valence electrons. The minimum Gasteiger partial charge on any atom is -0.485 e. The summed E-state index contributed by atoms with van der Waals surface area (Å²) in [6.07, 6.45) is 0.0857. The number of rotatable bonds is 1. The summed E-state index contributed by atoms with van der Waals surface area (Å²) in [4.78, 5) is 0. The van der Waals surface area contributed by atoms with Crippen LogP contribution in [-0.2, 0) is 0 Å². The largest absolute Gasteiger partial charge is 0.485 e. The van der Waals surface area contributed by atoms with Gasteiger partial charge in [0.05, 0.1) is 6.10 Å². The maximum Gasteiger partial charge on any atom is 0.127 e. The fourth-order valence-corrected chi connectivity index (χ4v) is 2.97. The second-order valence-electron chi connectivity index (χ2n) is 5.82. The number of ether oxygens (including phenoxy) is 1. The lowest BCUT2D eigenvalue weighted by Crippen LogP contribution is -2.19. The molecule has 2 aromatic rings. The maximum absolute atomic E-state index is 10.4. The molecule has 1 aliphatic rings. The Hall–Kier alpha value is -1.80. The standard InChI is InChI=1S/C18H20O2/c1-11-4-5-17-15(9-11)16(19)10-18(20-17)14-7-12(2)6-13(3)8-14/h4-9,16,18-19H,10H2,1-3H3/t16-,18?/m1/s1. The number of fused-ring (bicyclic) bond motifs is 1. The van der Waals surface area contributed by atoms with Gasteiger partial charge in [-0.05, 0) is 38.5 Å². The maximum atomic E-state index is 10.4. The van der Waals surface area contributed by atoms with Crippen molar-refractivity contribution in [1.29, 1.82) is 0 Å². The molecular formula is C18H20O2. The van der Waals surface area contributed by atoms with Gasteiger partial charge >= 0.3 is 0 Å². The predicted molar refractivity (Wildman–Crippen MR) is 80.0 cm³/mol. The minimum atomic E-state index is -0.454. The second kappa shape index (κ2) is 4.95. The molecule has 2 nitrogen and oxygen atoms in total. The molecule has 1 unspecified atom stereocenters. The van der Waals surface area contributed by atoms with Gasteiger partial charge in [-0.1, -0.05) is 41.0 Å². The summed E-state index contributed by atoms with van der Waals surface area (Å²) in [5.74, 6) is 0.804. The van der Waals surface area contributed by atoms with E-state index in [-0.39, 0.29) is 6.10 Å². The molecule has 1 N–H and O–H groups in total. The van der Waals surface area contributed by atoms with E-state index in [0.29, 0.717) is 6.42 Å². The Labute approximate surface area is 120 Å². The minimum absolute atomic E-state index is 0.0705. The van der Waals surface area contributed by atoms with Gasteiger partial charge in [-0.3, -0.25) is 0 Å². The summed E-state index contributed by atoms with van der Waals surface area (Å²) in [5.41, 5.74) is 5.66. The highest BCUT2D eigenvalue weighted by atomic mass is 16.5. The van der Waals surface area contributed by atoms with Crippen LogP contribution in [0, 0.1) is 20.8 Å². The van der Waals surface area contributed by atoms with E-state index in [1.54, 1.807) is 0 Å². The summed E-state index contributed by atoms with van der Waals surface area (Å²) in [6, 6.07) is 12.4. The van der Waals surface area contributed by atoms with Crippen molar-refractivity contribution in [2.75, 3.05) is 0 Å². The van der Waals surface area contributed by atoms with E-state index < -0.39 is 6.10 Å². The lowest BCUT2D eigenvalue weighted by Gasteiger charge is -2.30. The number of hydrogen-bond acceptors (Lipinski definition) is 2. The van der Waals surface area contributed by atoms with E-state index in [0.717, 1.165) is 22.4 Å². The molecule has 1 heterocycles. The van der Waals surface area contributed by atoms with Crippen LogP contribution in [0.15, 0.2) is 36.4 Å². The molecule has 0 amide bonds. The van der Waals surface area contributed by atoms with Crippen LogP contribution in [0.4, 0.5) is 0 Å². The third-order valence-electron chi connectivity index (χ3n) is 3.85. The highest BCUT2D eigenvalue weighted by molar-refractivity contribution is 5.41. The number of aryl methyl sites for hydroxylation is 3. The van der Waals surface area contributed by atoms with Crippen molar-refractivity contribution in [3.8, 4) is 5.75 Å². The first-order valence-electron chi connectivity index (χ1n) is 7.06. The first kappa shape index (κ1) is 13.2. The highest BCUT2D eigenvalue weighted by Gasteiger charge is 2.28. The molecule has 0 aromatic heterocycles. The van der Waals surface area contributed by atoms with Crippen molar-refractivity contribution in [3.05, 3.63) is 64.2 Å². The van der Waals surface area contributed by atoms with Gasteiger partial charge in [0.1, 0.15) is 11.9 Å². The van der Waals surface area contributed by atoms with Gasteiger partial charge in [0.2, 0.25) is 0 Å². The van der Waals surface area contributed by atoms with E-state index >= 15 is 0 Å². The molecule has 0 bridgehead atoms. The molecule has 0 radical (unpaired) electrons. The van der Waals surface area contributed by atoms with Gasteiger partial charge in [0, 0.05) is 12.0 Å². The van der Waals surface area contributed by atoms with E-state index in [9.17, 15) is 5.11 Å². The smallest absolute Gasteiger partial charge is 0.127 e. The van der Waals surface area contributed by atoms with Crippen LogP contribution in [0.25, 0.3) is 0 Å². The quantitative estimate of drug-likeness (QED) is 0.841. The molecule has 2 atom stereocenters. The van der Waals surface area contributed by atoms with E-state index in [1.807, 2.05) is 25.1 Å². The first-order chi connectivity index (χ1) is 9.52. The Kier molecular flexibility index (Phi) is 3.27. The van der Waals surface area contributed by atoms with Crippen LogP contribution in [0.5, 0.6) is 5.75 Å². The lowest BCUT2D eigenvalue weighted by molar-refractivity contribution is 0.0656. The molecule has 0 aliphatic carbocycles. The number of hydrogen-bond donors (Lipinski definition) is 1. The summed E-state index contributed by atoms with van der Waals surface area (Å²) in [5, 5.41) is 10.4. The monoisotopic (exact) mass is 268 g/mol. The number of benzene rings is 2. The van der Waals surface area contributed by atoms with E-state index in [2.05, 4.69) is 32.0 Å². The van der Waals surface area contributed by atoms with Crippen molar-refractivity contribution in [3.63, 3.8) is 0 Å². The van der Waals surface area contributed by atoms with Crippen molar-refractivity contribution >= 4 is 0 Å². The van der Waals surface area contributed by atoms with Crippen molar-refractivity contribution < 1.29 is 9.84 Å². The molecule has 3 rings (SSSR count). The van der Waals surface area contributed by atoms with Crippen molar-refractivity contribution in [2.24, 2.45) is 0 Å². The van der Waals surface area contributed by atoms with Gasteiger partial charge in [-0.25, -0.2) is 0 Å². The summed E-state index contributed by atoms with van der Waals surface area (Å²) in [7, 11) is 0. The molecule has 0 saturated carbocycles. The second-order valence-corrected chi connectivity index (χ2v) is 5.82. The molecule has 2 aromatic carbocycles. The predicted octanol–water partition coefficient (Wildman–Crippen LogP) is 4.17. The van der Waals surface area contributed by atoms with Gasteiger partial charge < -0.3 is 9.84 Å². The van der Waals surface area contributed by atoms with E-state index in [4.69, 9.17) is 4.74 Å². The Balaban J connectivity index is 1.96. The van der Waals surface area contributed by atoms with Crippen LogP contribution in [-0.4, -0.2) is 5.11 Å². The van der Waals surface area contributed by atoms with Crippen LogP contribution >= 0.6 is 0 Å². The Morgan fingerprint density at radius 3 is 2.35 bits per heavy atom. The molecule has 0 saturated heterocycles. The highest BCUT2D eigenvalue weighted by Crippen LogP contribution is 2.41. The third-order valence-corrected chi connectivity index (χ3v) is 3.85. The summed E-state index contributed by atoms with van der Waals surface area (Å²) < 4.78 is 6.09. The number of aliphatic hydroxyl groups is 1. The Morgan fingerprint density at radius 2 is 1.65 bits per heavy atom. The Morgan fingerprint density at radius 1 is 0.950 bits per heavy atom. The lowest BCUT2D eigenvalue weighted by atomic mass is 9.92. The average Bonchev–Trinajstić information content (AvgIpc) is 2.38. The van der Waals surface area contributed by atoms with Crippen LogP contribution in [0.1, 0.15) is 46.4 Å². The molecule has 0 spiro atoms. The zero-order valence-corrected chi connectivity index (χ0v) is 12.2. The fraction of sp³-hybridized carbons (Fsp3) is 0.333. The average molecular weight is 268 g/mol. The topological polar surface area (TPSA) is 29.5 Å². The van der Waals surface area contributed by atoms with Gasteiger partial charge in [0.25, 0.3) is 0 Å². The zero-order valence-electron chi connectivity index (χ0n) is 12.2. The van der Waals surface area contributed by atoms with Crippen LogP contribution < -0.4 is 4.74 Å². The molecule has 2 heteroatoms. The SMILES string of the molecule is Cc1cc(C)cc(C2C[C@@H](O)c3cc(C)ccc3O2)c1. The number of aliphatic hydroxyl groups excluding tert-OH is 1. The molecule has 1 aliphatic heterocycles. The molecular weight excluding hydrogens is 248 g/mol. The first-order valence-corrected chi connectivity index (χ1v) is 7.06. The van der Waals surface area contributed by atoms with E-state index in [1.165, 1.54) is 11.1 Å².